The molecule has 3 nitrogen and oxygen atoms in total. The lowest BCUT2D eigenvalue weighted by molar-refractivity contribution is 0.101. The first kappa shape index (κ1) is 43.2. The minimum atomic E-state index is -0.301. The van der Waals surface area contributed by atoms with Gasteiger partial charge < -0.3 is 10.2 Å². The van der Waals surface area contributed by atoms with E-state index in [1.807, 2.05) is 11.9 Å². The number of aliphatic hydroxyl groups is 2. The number of hydrogen-bond donors (Lipinski definition) is 2. The van der Waals surface area contributed by atoms with Crippen molar-refractivity contribution in [3.05, 3.63) is 48.6 Å². The Balaban J connectivity index is 3.96. The van der Waals surface area contributed by atoms with Gasteiger partial charge in [0.25, 0.3) is 0 Å². The maximum Gasteiger partial charge on any atom is 0.0676 e. The Hall–Kier alpha value is -0.810. The van der Waals surface area contributed by atoms with Crippen LogP contribution in [0.1, 0.15) is 175 Å². The van der Waals surface area contributed by atoms with Crippen LogP contribution in [-0.2, 0) is 0 Å². The van der Waals surface area contributed by atoms with E-state index in [0.717, 1.165) is 44.3 Å². The second-order valence-corrected chi connectivity index (χ2v) is 13.9. The molecular weight excluding hydrogens is 559 g/mol. The van der Waals surface area contributed by atoms with Gasteiger partial charge in [-0.3, -0.25) is 0 Å². The highest BCUT2D eigenvalue weighted by Gasteiger charge is 2.16. The van der Waals surface area contributed by atoms with Crippen molar-refractivity contribution in [2.24, 2.45) is 0 Å². The van der Waals surface area contributed by atoms with Crippen molar-refractivity contribution in [1.82, 2.24) is 4.31 Å². The first-order valence-corrected chi connectivity index (χ1v) is 19.9. The fourth-order valence-electron chi connectivity index (χ4n) is 5.20. The number of nitrogens with zero attached hydrogens (tertiary/aromatic N) is 1. The largest absolute Gasteiger partial charge is 0.392 e. The van der Waals surface area contributed by atoms with Gasteiger partial charge in [-0.25, -0.2) is 4.31 Å². The van der Waals surface area contributed by atoms with Crippen LogP contribution in [0.4, 0.5) is 0 Å². The van der Waals surface area contributed by atoms with Gasteiger partial charge in [-0.05, 0) is 83.5 Å². The van der Waals surface area contributed by atoms with Crippen molar-refractivity contribution in [3.63, 3.8) is 0 Å². The molecule has 0 saturated carbocycles. The predicted octanol–water partition coefficient (Wildman–Crippen LogP) is 12.3. The van der Waals surface area contributed by atoms with Crippen molar-refractivity contribution >= 4 is 11.9 Å². The van der Waals surface area contributed by atoms with Gasteiger partial charge in [0.1, 0.15) is 0 Å². The quantitative estimate of drug-likeness (QED) is 0.0420. The first-order valence-electron chi connectivity index (χ1n) is 19.0. The average molecular weight is 634 g/mol. The van der Waals surface area contributed by atoms with Crippen LogP contribution in [0.25, 0.3) is 0 Å². The van der Waals surface area contributed by atoms with Crippen molar-refractivity contribution < 1.29 is 10.2 Å². The van der Waals surface area contributed by atoms with Gasteiger partial charge >= 0.3 is 0 Å². The number of hydrogen-bond acceptors (Lipinski definition) is 4. The molecule has 0 fully saturated rings. The molecule has 0 saturated heterocycles. The van der Waals surface area contributed by atoms with Crippen molar-refractivity contribution in [1.29, 1.82) is 0 Å². The molecule has 0 radical (unpaired) electrons. The van der Waals surface area contributed by atoms with Gasteiger partial charge in [-0.1, -0.05) is 152 Å². The van der Waals surface area contributed by atoms with Gasteiger partial charge in [0.15, 0.2) is 0 Å². The molecule has 0 heterocycles. The zero-order valence-corrected chi connectivity index (χ0v) is 30.4. The molecule has 0 amide bonds. The van der Waals surface area contributed by atoms with E-state index in [-0.39, 0.29) is 12.2 Å². The summed E-state index contributed by atoms with van der Waals surface area (Å²) < 4.78 is 2.25. The Morgan fingerprint density at radius 1 is 0.455 bits per heavy atom. The summed E-state index contributed by atoms with van der Waals surface area (Å²) in [4.78, 5) is 0. The molecule has 2 unspecified atom stereocenters. The first-order chi connectivity index (χ1) is 21.6. The van der Waals surface area contributed by atoms with Gasteiger partial charge in [0, 0.05) is 18.8 Å². The Kier molecular flexibility index (Phi) is 36.0. The van der Waals surface area contributed by atoms with Gasteiger partial charge in [-0.2, -0.15) is 0 Å². The summed E-state index contributed by atoms with van der Waals surface area (Å²) >= 11 is 1.82. The molecule has 2 atom stereocenters. The fourth-order valence-corrected chi connectivity index (χ4v) is 6.43. The van der Waals surface area contributed by atoms with Crippen LogP contribution >= 0.6 is 11.9 Å². The Morgan fingerprint density at radius 2 is 0.818 bits per heavy atom. The molecule has 0 spiro atoms. The lowest BCUT2D eigenvalue weighted by Crippen LogP contribution is -2.34. The van der Waals surface area contributed by atoms with Crippen LogP contribution in [0.5, 0.6) is 0 Å². The lowest BCUT2D eigenvalue weighted by Gasteiger charge is -2.26. The van der Waals surface area contributed by atoms with E-state index in [9.17, 15) is 10.2 Å². The third kappa shape index (κ3) is 34.1. The third-order valence-corrected chi connectivity index (χ3v) is 9.21. The molecule has 0 aromatic rings. The van der Waals surface area contributed by atoms with E-state index in [2.05, 4.69) is 73.7 Å². The summed E-state index contributed by atoms with van der Waals surface area (Å²) in [7, 11) is 0. The molecule has 0 rings (SSSR count). The van der Waals surface area contributed by atoms with Crippen LogP contribution in [0.3, 0.4) is 0 Å². The van der Waals surface area contributed by atoms with Crippen LogP contribution < -0.4 is 0 Å². The molecule has 0 aromatic heterocycles. The topological polar surface area (TPSA) is 43.7 Å². The van der Waals surface area contributed by atoms with E-state index in [4.69, 9.17) is 0 Å². The van der Waals surface area contributed by atoms with Gasteiger partial charge in [0.05, 0.1) is 12.2 Å². The fraction of sp³-hybridized carbons (Fsp3) is 0.800. The molecule has 0 bridgehead atoms. The second-order valence-electron chi connectivity index (χ2n) is 12.7. The molecule has 2 N–H and O–H groups in total. The monoisotopic (exact) mass is 634 g/mol. The van der Waals surface area contributed by atoms with Crippen LogP contribution in [-0.4, -0.2) is 45.6 Å². The predicted molar refractivity (Wildman–Crippen MR) is 200 cm³/mol. The van der Waals surface area contributed by atoms with E-state index in [1.165, 1.54) is 116 Å². The summed E-state index contributed by atoms with van der Waals surface area (Å²) in [6, 6.07) is 0. The summed E-state index contributed by atoms with van der Waals surface area (Å²) in [5, 5.41) is 21.5. The Morgan fingerprint density at radius 3 is 1.20 bits per heavy atom. The maximum absolute atomic E-state index is 10.7. The SMILES string of the molecule is CCCCC/C=C\C/C=C\CCCCCCC(O)CN(CC(O)CCCCCC/C=C\C/C=C\CCCCC)SCCCC. The van der Waals surface area contributed by atoms with Crippen molar-refractivity contribution in [3.8, 4) is 0 Å². The van der Waals surface area contributed by atoms with Crippen LogP contribution in [0.15, 0.2) is 48.6 Å². The zero-order valence-electron chi connectivity index (χ0n) is 29.6. The highest BCUT2D eigenvalue weighted by atomic mass is 32.2. The van der Waals surface area contributed by atoms with Gasteiger partial charge in [0.2, 0.25) is 0 Å². The summed E-state index contributed by atoms with van der Waals surface area (Å²) in [5.74, 6) is 1.07. The summed E-state index contributed by atoms with van der Waals surface area (Å²) in [5.41, 5.74) is 0. The molecular formula is C40H75NO2S. The number of aliphatic hydroxyl groups excluding tert-OH is 2. The summed E-state index contributed by atoms with van der Waals surface area (Å²) in [6.07, 6.45) is 46.4. The second kappa shape index (κ2) is 36.7. The standard InChI is InChI=1S/C40H75NO2S/c1-4-7-10-12-14-16-18-20-22-24-26-28-30-32-34-39(42)37-41(44-36-9-6-3)38-40(43)35-33-31-29-27-25-23-21-19-17-15-13-11-8-5-2/h14-17,20-23,39-40,42-43H,4-13,18-19,24-38H2,1-3H3/b16-14-,17-15-,22-20-,23-21-. The highest BCUT2D eigenvalue weighted by Crippen LogP contribution is 2.18. The third-order valence-electron chi connectivity index (χ3n) is 8.08. The number of rotatable bonds is 34. The molecule has 0 aliphatic rings. The highest BCUT2D eigenvalue weighted by molar-refractivity contribution is 7.97. The lowest BCUT2D eigenvalue weighted by atomic mass is 10.1. The molecule has 4 heteroatoms. The Labute approximate surface area is 280 Å². The van der Waals surface area contributed by atoms with E-state index in [1.54, 1.807) is 0 Å². The molecule has 0 aromatic carbocycles. The maximum atomic E-state index is 10.7. The van der Waals surface area contributed by atoms with Crippen LogP contribution in [0.2, 0.25) is 0 Å². The number of allylic oxidation sites excluding steroid dienone is 8. The van der Waals surface area contributed by atoms with Crippen molar-refractivity contribution in [2.75, 3.05) is 18.8 Å². The van der Waals surface area contributed by atoms with Crippen molar-refractivity contribution in [2.45, 2.75) is 187 Å². The Bertz CT molecular complexity index is 622. The molecule has 0 aliphatic heterocycles. The molecule has 0 aliphatic carbocycles. The minimum Gasteiger partial charge on any atom is -0.392 e. The van der Waals surface area contributed by atoms with E-state index < -0.39 is 0 Å². The number of unbranched alkanes of at least 4 members (excludes halogenated alkanes) is 15. The summed E-state index contributed by atoms with van der Waals surface area (Å²) in [6.45, 7) is 8.06. The normalized spacial score (nSPS) is 14.0. The van der Waals surface area contributed by atoms with Gasteiger partial charge in [-0.15, -0.1) is 0 Å². The minimum absolute atomic E-state index is 0.301. The molecule has 44 heavy (non-hydrogen) atoms. The zero-order chi connectivity index (χ0) is 32.2. The smallest absolute Gasteiger partial charge is 0.0676 e. The van der Waals surface area contributed by atoms with E-state index >= 15 is 0 Å². The average Bonchev–Trinajstić information content (AvgIpc) is 3.01. The van der Waals surface area contributed by atoms with E-state index in [0.29, 0.717) is 13.1 Å². The van der Waals surface area contributed by atoms with Crippen LogP contribution in [0, 0.1) is 0 Å². The molecule has 258 valence electrons.